The molecule has 1 spiro atoms. The maximum Gasteiger partial charge on any atom is 0.254 e. The molecule has 1 aromatic heterocycles. The van der Waals surface area contributed by atoms with E-state index < -0.39 is 0 Å². The fraction of sp³-hybridized carbons (Fsp3) is 0.429. The first kappa shape index (κ1) is 17.8. The number of hydrogen-bond donors (Lipinski definition) is 1. The van der Waals surface area contributed by atoms with Gasteiger partial charge in [0, 0.05) is 30.9 Å². The van der Waals surface area contributed by atoms with Crippen molar-refractivity contribution in [3.05, 3.63) is 54.2 Å². The third-order valence-corrected chi connectivity index (χ3v) is 5.81. The topological polar surface area (TPSA) is 65.9 Å². The van der Waals surface area contributed by atoms with Crippen LogP contribution >= 0.6 is 0 Å². The highest BCUT2D eigenvalue weighted by Crippen LogP contribution is 2.39. The van der Waals surface area contributed by atoms with Crippen molar-refractivity contribution in [3.63, 3.8) is 0 Å². The Bertz CT molecular complexity index is 805. The Hall–Kier alpha value is -2.60. The van der Waals surface area contributed by atoms with Gasteiger partial charge in [0.15, 0.2) is 0 Å². The zero-order chi connectivity index (χ0) is 18.9. The first-order valence-corrected chi connectivity index (χ1v) is 9.39. The Morgan fingerprint density at radius 2 is 2.15 bits per heavy atom. The number of phenolic OH excluding ortho intramolecular Hbond substituents is 1. The number of aromatic hydroxyl groups is 1. The lowest BCUT2D eigenvalue weighted by Crippen LogP contribution is -2.72. The van der Waals surface area contributed by atoms with Gasteiger partial charge in [-0.25, -0.2) is 4.98 Å². The molecule has 1 N–H and O–H groups in total. The van der Waals surface area contributed by atoms with Crippen LogP contribution in [0.25, 0.3) is 0 Å². The van der Waals surface area contributed by atoms with Crippen molar-refractivity contribution >= 4 is 5.91 Å². The van der Waals surface area contributed by atoms with Crippen LogP contribution in [0.2, 0.25) is 0 Å². The molecule has 27 heavy (non-hydrogen) atoms. The maximum absolute atomic E-state index is 12.7. The van der Waals surface area contributed by atoms with Crippen molar-refractivity contribution < 1.29 is 14.6 Å². The third kappa shape index (κ3) is 3.62. The van der Waals surface area contributed by atoms with Crippen molar-refractivity contribution in [1.29, 1.82) is 0 Å². The Kier molecular flexibility index (Phi) is 4.74. The lowest BCUT2D eigenvalue weighted by molar-refractivity contribution is -0.0695. The van der Waals surface area contributed by atoms with Crippen LogP contribution < -0.4 is 4.74 Å². The second kappa shape index (κ2) is 7.19. The number of likely N-dealkylation sites (N-methyl/N-ethyl adjacent to an activating group) is 1. The number of carbonyl (C=O) groups is 1. The number of ether oxygens (including phenoxy) is 1. The number of rotatable bonds is 4. The second-order valence-electron chi connectivity index (χ2n) is 7.70. The quantitative estimate of drug-likeness (QED) is 0.899. The van der Waals surface area contributed by atoms with E-state index in [1.165, 1.54) is 6.07 Å². The van der Waals surface area contributed by atoms with E-state index in [-0.39, 0.29) is 17.2 Å². The van der Waals surface area contributed by atoms with Crippen molar-refractivity contribution in [2.75, 3.05) is 33.3 Å². The molecule has 1 atom stereocenters. The summed E-state index contributed by atoms with van der Waals surface area (Å²) in [6.45, 7) is 3.10. The predicted octanol–water partition coefficient (Wildman–Crippen LogP) is 2.40. The smallest absolute Gasteiger partial charge is 0.254 e. The average molecular weight is 367 g/mol. The van der Waals surface area contributed by atoms with E-state index in [1.807, 2.05) is 23.1 Å². The van der Waals surface area contributed by atoms with Gasteiger partial charge in [-0.2, -0.15) is 0 Å². The predicted molar refractivity (Wildman–Crippen MR) is 102 cm³/mol. The van der Waals surface area contributed by atoms with Crippen LogP contribution in [0.1, 0.15) is 23.2 Å². The van der Waals surface area contributed by atoms with Crippen molar-refractivity contribution in [2.45, 2.75) is 18.4 Å². The zero-order valence-corrected chi connectivity index (χ0v) is 15.5. The number of aromatic nitrogens is 1. The lowest BCUT2D eigenvalue weighted by atomic mass is 9.75. The maximum atomic E-state index is 12.7. The van der Waals surface area contributed by atoms with E-state index in [2.05, 4.69) is 16.9 Å². The number of hydrogen-bond acceptors (Lipinski definition) is 5. The van der Waals surface area contributed by atoms with E-state index in [4.69, 9.17) is 4.74 Å². The lowest BCUT2D eigenvalue weighted by Gasteiger charge is -2.58. The summed E-state index contributed by atoms with van der Waals surface area (Å²) in [6, 6.07) is 12.2. The van der Waals surface area contributed by atoms with Gasteiger partial charge in [-0.3, -0.25) is 9.69 Å². The minimum Gasteiger partial charge on any atom is -0.508 e. The van der Waals surface area contributed by atoms with E-state index in [0.717, 1.165) is 32.5 Å². The molecule has 2 fully saturated rings. The molecule has 0 saturated carbocycles. The molecule has 0 unspecified atom stereocenters. The second-order valence-corrected chi connectivity index (χ2v) is 7.70. The summed E-state index contributed by atoms with van der Waals surface area (Å²) < 4.78 is 5.86. The number of benzene rings is 1. The van der Waals surface area contributed by atoms with Gasteiger partial charge in [-0.1, -0.05) is 12.1 Å². The van der Waals surface area contributed by atoms with E-state index >= 15 is 0 Å². The Labute approximate surface area is 159 Å². The molecule has 3 heterocycles. The summed E-state index contributed by atoms with van der Waals surface area (Å²) in [5.74, 6) is 1.23. The molecular formula is C21H25N3O3. The van der Waals surface area contributed by atoms with Crippen LogP contribution in [0.4, 0.5) is 0 Å². The van der Waals surface area contributed by atoms with Gasteiger partial charge in [-0.15, -0.1) is 0 Å². The first-order valence-electron chi connectivity index (χ1n) is 9.39. The average Bonchev–Trinajstić information content (AvgIpc) is 2.66. The Morgan fingerprint density at radius 3 is 2.89 bits per heavy atom. The molecule has 6 nitrogen and oxygen atoms in total. The molecule has 142 valence electrons. The molecule has 1 aromatic carbocycles. The van der Waals surface area contributed by atoms with E-state index in [9.17, 15) is 9.90 Å². The molecule has 0 radical (unpaired) electrons. The normalized spacial score (nSPS) is 21.7. The molecule has 4 rings (SSSR count). The summed E-state index contributed by atoms with van der Waals surface area (Å²) in [5.41, 5.74) is 0.571. The van der Waals surface area contributed by atoms with Gasteiger partial charge in [0.2, 0.25) is 5.88 Å². The summed E-state index contributed by atoms with van der Waals surface area (Å²) in [4.78, 5) is 21.1. The molecule has 0 bridgehead atoms. The summed E-state index contributed by atoms with van der Waals surface area (Å²) in [7, 11) is 2.14. The van der Waals surface area contributed by atoms with Gasteiger partial charge in [0.25, 0.3) is 5.91 Å². The zero-order valence-electron chi connectivity index (χ0n) is 15.5. The number of amides is 1. The number of phenols is 1. The van der Waals surface area contributed by atoms with Crippen LogP contribution in [0.3, 0.4) is 0 Å². The van der Waals surface area contributed by atoms with Crippen LogP contribution in [0.5, 0.6) is 11.6 Å². The molecule has 2 aliphatic heterocycles. The summed E-state index contributed by atoms with van der Waals surface area (Å²) in [5, 5.41) is 9.61. The van der Waals surface area contributed by atoms with Gasteiger partial charge >= 0.3 is 0 Å². The molecule has 0 aliphatic carbocycles. The van der Waals surface area contributed by atoms with Gasteiger partial charge < -0.3 is 14.7 Å². The molecule has 2 saturated heterocycles. The molecule has 1 amide bonds. The number of likely N-dealkylation sites (tertiary alicyclic amines) is 2. The van der Waals surface area contributed by atoms with Gasteiger partial charge in [-0.05, 0) is 56.6 Å². The number of nitrogens with zero attached hydrogens (tertiary/aromatic N) is 3. The van der Waals surface area contributed by atoms with Gasteiger partial charge in [0.05, 0.1) is 12.1 Å². The van der Waals surface area contributed by atoms with Crippen molar-refractivity contribution in [2.24, 2.45) is 5.92 Å². The summed E-state index contributed by atoms with van der Waals surface area (Å²) >= 11 is 0. The number of carbonyl (C=O) groups excluding carboxylic acids is 1. The van der Waals surface area contributed by atoms with Gasteiger partial charge in [0.1, 0.15) is 5.75 Å². The Morgan fingerprint density at radius 1 is 1.30 bits per heavy atom. The summed E-state index contributed by atoms with van der Waals surface area (Å²) in [6.07, 6.45) is 3.84. The molecule has 6 heteroatoms. The third-order valence-electron chi connectivity index (χ3n) is 5.81. The minimum atomic E-state index is -0.0169. The monoisotopic (exact) mass is 367 g/mol. The largest absolute Gasteiger partial charge is 0.508 e. The highest BCUT2D eigenvalue weighted by molar-refractivity contribution is 5.95. The van der Waals surface area contributed by atoms with Crippen LogP contribution in [0.15, 0.2) is 48.7 Å². The highest BCUT2D eigenvalue weighted by Gasteiger charge is 2.51. The minimum absolute atomic E-state index is 0.0169. The van der Waals surface area contributed by atoms with Crippen molar-refractivity contribution in [3.8, 4) is 11.6 Å². The molecule has 2 aliphatic rings. The standard InChI is InChI=1S/C21H25N3O3/c1-23-10-8-16(13-27-19-7-2-3-9-22-19)12-21(23)14-24(15-21)20(26)17-5-4-6-18(25)11-17/h2-7,9,11,16,25H,8,10,12-15H2,1H3/t16-/m1/s1. The van der Waals surface area contributed by atoms with Crippen LogP contribution in [-0.2, 0) is 0 Å². The SMILES string of the molecule is CN1CC[C@@H](COc2ccccn2)CC12CN(C(=O)c1cccc(O)c1)C2. The molecule has 2 aromatic rings. The number of pyridine rings is 1. The van der Waals surface area contributed by atoms with Crippen LogP contribution in [0, 0.1) is 5.92 Å². The van der Waals surface area contributed by atoms with Crippen LogP contribution in [-0.4, -0.2) is 64.6 Å². The van der Waals surface area contributed by atoms with E-state index in [0.29, 0.717) is 24.0 Å². The highest BCUT2D eigenvalue weighted by atomic mass is 16.5. The number of piperidine rings is 1. The fourth-order valence-electron chi connectivity index (χ4n) is 4.19. The Balaban J connectivity index is 1.36. The first-order chi connectivity index (χ1) is 13.1. The molecular weight excluding hydrogens is 342 g/mol. The van der Waals surface area contributed by atoms with E-state index in [1.54, 1.807) is 24.4 Å². The fourth-order valence-corrected chi connectivity index (χ4v) is 4.19. The van der Waals surface area contributed by atoms with Crippen molar-refractivity contribution in [1.82, 2.24) is 14.8 Å².